The predicted octanol–water partition coefficient (Wildman–Crippen LogP) is 6.49. The van der Waals surface area contributed by atoms with Gasteiger partial charge in [-0.05, 0) is 72.3 Å². The Balaban J connectivity index is 1.53. The van der Waals surface area contributed by atoms with Gasteiger partial charge < -0.3 is 10.1 Å². The Bertz CT molecular complexity index is 1460. The summed E-state index contributed by atoms with van der Waals surface area (Å²) in [7, 11) is -3.64. The van der Waals surface area contributed by atoms with Crippen LogP contribution < -0.4 is 14.4 Å². The van der Waals surface area contributed by atoms with Gasteiger partial charge in [0.15, 0.2) is 5.75 Å². The molecule has 0 aliphatic rings. The first-order chi connectivity index (χ1) is 17.2. The lowest BCUT2D eigenvalue weighted by Gasteiger charge is -2.23. The lowest BCUT2D eigenvalue weighted by Crippen LogP contribution is -2.29. The van der Waals surface area contributed by atoms with Crippen molar-refractivity contribution in [2.24, 2.45) is 0 Å². The highest BCUT2D eigenvalue weighted by molar-refractivity contribution is 7.92. The Morgan fingerprint density at radius 2 is 1.61 bits per heavy atom. The quantitative estimate of drug-likeness (QED) is 0.286. The Morgan fingerprint density at radius 1 is 0.944 bits per heavy atom. The van der Waals surface area contributed by atoms with Gasteiger partial charge in [-0.15, -0.1) is 0 Å². The topological polar surface area (TPSA) is 75.7 Å². The number of carbonyl (C=O) groups excluding carboxylic acids is 1. The van der Waals surface area contributed by atoms with Gasteiger partial charge in [0.1, 0.15) is 11.6 Å². The fraction of sp³-hybridized carbons (Fsp3) is 0.0741. The summed E-state index contributed by atoms with van der Waals surface area (Å²) in [6.07, 6.45) is 1.09. The number of nitrogens with zero attached hydrogens (tertiary/aromatic N) is 1. The molecule has 0 saturated carbocycles. The molecule has 184 valence electrons. The van der Waals surface area contributed by atoms with Gasteiger partial charge >= 0.3 is 0 Å². The van der Waals surface area contributed by atoms with Crippen LogP contribution in [0, 0.1) is 5.82 Å². The van der Waals surface area contributed by atoms with E-state index < -0.39 is 21.7 Å². The van der Waals surface area contributed by atoms with E-state index in [9.17, 15) is 17.6 Å². The third-order valence-electron chi connectivity index (χ3n) is 5.22. The molecule has 0 aliphatic carbocycles. The molecule has 0 saturated heterocycles. The Labute approximate surface area is 214 Å². The summed E-state index contributed by atoms with van der Waals surface area (Å²) >= 11 is 6.13. The molecule has 4 rings (SSSR count). The number of amides is 1. The molecule has 0 heterocycles. The van der Waals surface area contributed by atoms with Gasteiger partial charge in [-0.3, -0.25) is 9.10 Å². The van der Waals surface area contributed by atoms with Crippen LogP contribution >= 0.6 is 11.6 Å². The molecule has 6 nitrogen and oxygen atoms in total. The number of anilines is 2. The fourth-order valence-electron chi connectivity index (χ4n) is 3.43. The van der Waals surface area contributed by atoms with Crippen molar-refractivity contribution in [3.05, 3.63) is 119 Å². The van der Waals surface area contributed by atoms with Crippen molar-refractivity contribution in [3.8, 4) is 11.5 Å². The zero-order valence-electron chi connectivity index (χ0n) is 19.2. The molecule has 9 heteroatoms. The molecule has 0 spiro atoms. The highest BCUT2D eigenvalue weighted by Crippen LogP contribution is 2.32. The average Bonchev–Trinajstić information content (AvgIpc) is 2.85. The minimum atomic E-state index is -3.64. The zero-order chi connectivity index (χ0) is 25.7. The van der Waals surface area contributed by atoms with Gasteiger partial charge in [0.25, 0.3) is 5.91 Å². The van der Waals surface area contributed by atoms with E-state index in [1.165, 1.54) is 40.7 Å². The highest BCUT2D eigenvalue weighted by Gasteiger charge is 2.19. The van der Waals surface area contributed by atoms with Crippen molar-refractivity contribution in [1.29, 1.82) is 0 Å². The lowest BCUT2D eigenvalue weighted by molar-refractivity contribution is 0.102. The first-order valence-corrected chi connectivity index (χ1v) is 13.1. The van der Waals surface area contributed by atoms with Gasteiger partial charge in [0, 0.05) is 10.6 Å². The standard InChI is InChI=1S/C27H22ClFN2O4S/c1-36(33,34)31(18-19-7-12-22(29)13-8-19)23-14-9-20(10-15-23)27(32)30-25-17-21(28)11-16-26(25)35-24-5-3-2-4-6-24/h2-17H,18H2,1H3,(H,30,32). The van der Waals surface area contributed by atoms with Crippen molar-refractivity contribution in [2.45, 2.75) is 6.54 Å². The third-order valence-corrected chi connectivity index (χ3v) is 6.59. The van der Waals surface area contributed by atoms with Crippen LogP contribution in [0.4, 0.5) is 15.8 Å². The summed E-state index contributed by atoms with van der Waals surface area (Å²) in [5.41, 5.74) is 1.68. The van der Waals surface area contributed by atoms with E-state index in [1.54, 1.807) is 42.5 Å². The minimum absolute atomic E-state index is 0.0212. The van der Waals surface area contributed by atoms with Crippen molar-refractivity contribution >= 4 is 38.9 Å². The maximum Gasteiger partial charge on any atom is 0.255 e. The SMILES string of the molecule is CS(=O)(=O)N(Cc1ccc(F)cc1)c1ccc(C(=O)Nc2cc(Cl)ccc2Oc2ccccc2)cc1. The second-order valence-electron chi connectivity index (χ2n) is 7.95. The number of para-hydroxylation sites is 1. The summed E-state index contributed by atoms with van der Waals surface area (Å²) in [5.74, 6) is 0.183. The van der Waals surface area contributed by atoms with Crippen LogP contribution in [0.2, 0.25) is 5.02 Å². The van der Waals surface area contributed by atoms with Gasteiger partial charge in [-0.1, -0.05) is 41.9 Å². The van der Waals surface area contributed by atoms with E-state index in [0.29, 0.717) is 39.0 Å². The number of rotatable bonds is 8. The minimum Gasteiger partial charge on any atom is -0.455 e. The van der Waals surface area contributed by atoms with Gasteiger partial charge in [-0.2, -0.15) is 0 Å². The molecule has 36 heavy (non-hydrogen) atoms. The molecule has 4 aromatic rings. The largest absolute Gasteiger partial charge is 0.455 e. The average molecular weight is 525 g/mol. The highest BCUT2D eigenvalue weighted by atomic mass is 35.5. The molecular weight excluding hydrogens is 503 g/mol. The van der Waals surface area contributed by atoms with Gasteiger partial charge in [-0.25, -0.2) is 12.8 Å². The van der Waals surface area contributed by atoms with Crippen LogP contribution in [0.5, 0.6) is 11.5 Å². The summed E-state index contributed by atoms with van der Waals surface area (Å²) in [5, 5.41) is 3.22. The van der Waals surface area contributed by atoms with E-state index in [2.05, 4.69) is 5.32 Å². The number of ether oxygens (including phenoxy) is 1. The molecule has 1 N–H and O–H groups in total. The van der Waals surface area contributed by atoms with Crippen LogP contribution in [0.25, 0.3) is 0 Å². The number of carbonyl (C=O) groups is 1. The summed E-state index contributed by atoms with van der Waals surface area (Å²) in [4.78, 5) is 13.0. The number of sulfonamides is 1. The predicted molar refractivity (Wildman–Crippen MR) is 140 cm³/mol. The van der Waals surface area contributed by atoms with E-state index in [4.69, 9.17) is 16.3 Å². The van der Waals surface area contributed by atoms with Crippen molar-refractivity contribution in [1.82, 2.24) is 0 Å². The second-order valence-corrected chi connectivity index (χ2v) is 10.3. The molecule has 0 bridgehead atoms. The molecule has 1 amide bonds. The molecule has 4 aromatic carbocycles. The molecule has 0 atom stereocenters. The fourth-order valence-corrected chi connectivity index (χ4v) is 4.49. The number of hydrogen-bond acceptors (Lipinski definition) is 4. The van der Waals surface area contributed by atoms with Crippen LogP contribution in [0.3, 0.4) is 0 Å². The number of benzene rings is 4. The Kier molecular flexibility index (Phi) is 7.57. The normalized spacial score (nSPS) is 11.1. The Hall–Kier alpha value is -3.88. The van der Waals surface area contributed by atoms with Crippen molar-refractivity contribution in [2.75, 3.05) is 15.9 Å². The van der Waals surface area contributed by atoms with Crippen LogP contribution in [0.15, 0.2) is 97.1 Å². The monoisotopic (exact) mass is 524 g/mol. The van der Waals surface area contributed by atoms with E-state index >= 15 is 0 Å². The number of halogens is 2. The Morgan fingerprint density at radius 3 is 2.25 bits per heavy atom. The smallest absolute Gasteiger partial charge is 0.255 e. The molecule has 0 aromatic heterocycles. The second kappa shape index (κ2) is 10.8. The van der Waals surface area contributed by atoms with Crippen LogP contribution in [0.1, 0.15) is 15.9 Å². The van der Waals surface area contributed by atoms with Gasteiger partial charge in [0.2, 0.25) is 10.0 Å². The van der Waals surface area contributed by atoms with E-state index in [0.717, 1.165) is 6.26 Å². The van der Waals surface area contributed by atoms with E-state index in [-0.39, 0.29) is 6.54 Å². The molecule has 0 radical (unpaired) electrons. The summed E-state index contributed by atoms with van der Waals surface area (Å²) < 4.78 is 45.2. The van der Waals surface area contributed by atoms with Crippen LogP contribution in [-0.2, 0) is 16.6 Å². The first kappa shape index (κ1) is 25.2. The van der Waals surface area contributed by atoms with Crippen molar-refractivity contribution in [3.63, 3.8) is 0 Å². The van der Waals surface area contributed by atoms with Crippen molar-refractivity contribution < 1.29 is 22.3 Å². The summed E-state index contributed by atoms with van der Waals surface area (Å²) in [6, 6.07) is 25.7. The summed E-state index contributed by atoms with van der Waals surface area (Å²) in [6.45, 7) is 0.0212. The lowest BCUT2D eigenvalue weighted by atomic mass is 10.1. The molecule has 0 fully saturated rings. The maximum atomic E-state index is 13.2. The molecule has 0 unspecified atom stereocenters. The van der Waals surface area contributed by atoms with Gasteiger partial charge in [0.05, 0.1) is 24.2 Å². The maximum absolute atomic E-state index is 13.2. The first-order valence-electron chi connectivity index (χ1n) is 10.8. The van der Waals surface area contributed by atoms with Crippen LogP contribution in [-0.4, -0.2) is 20.6 Å². The number of hydrogen-bond donors (Lipinski definition) is 1. The third kappa shape index (κ3) is 6.41. The van der Waals surface area contributed by atoms with E-state index in [1.807, 2.05) is 18.2 Å². The molecule has 0 aliphatic heterocycles. The number of nitrogens with one attached hydrogen (secondary N) is 1. The molecular formula is C27H22ClFN2O4S. The zero-order valence-corrected chi connectivity index (χ0v) is 20.8.